The number of hydrogen-bond donors (Lipinski definition) is 0. The van der Waals surface area contributed by atoms with Gasteiger partial charge in [0.2, 0.25) is 0 Å². The van der Waals surface area contributed by atoms with Crippen LogP contribution < -0.4 is 0 Å². The molecule has 1 nitrogen and oxygen atoms in total. The Balaban J connectivity index is 1.44. The second-order valence-corrected chi connectivity index (χ2v) is 16.8. The highest BCUT2D eigenvalue weighted by atomic mass is 79.9. The summed E-state index contributed by atoms with van der Waals surface area (Å²) in [5, 5.41) is 5.24. The van der Waals surface area contributed by atoms with E-state index in [0.717, 1.165) is 12.8 Å². The number of thiophene rings is 2. The summed E-state index contributed by atoms with van der Waals surface area (Å²) in [6.07, 6.45) is 14.8. The van der Waals surface area contributed by atoms with Crippen molar-refractivity contribution in [2.75, 3.05) is 0 Å². The molecule has 4 heteroatoms. The first kappa shape index (κ1) is 33.4. The van der Waals surface area contributed by atoms with Crippen molar-refractivity contribution in [2.24, 2.45) is 16.8 Å². The Morgan fingerprint density at radius 3 is 2.09 bits per heavy atom. The van der Waals surface area contributed by atoms with Gasteiger partial charge in [-0.2, -0.15) is 0 Å². The number of fused-ring (bicyclic) bond motifs is 3. The molecule has 0 N–H and O–H groups in total. The highest BCUT2D eigenvalue weighted by Crippen LogP contribution is 2.50. The number of nitrogens with zero attached hydrogens (tertiary/aromatic N) is 1. The van der Waals surface area contributed by atoms with Crippen LogP contribution in [0.5, 0.6) is 0 Å². The minimum Gasteiger partial charge on any atom is -0.261 e. The SMILES string of the molecule is CCCCC(CC)CC1=CC(c2ccc(Br)s2)(c2ccc(-c3ccc4c(ccc5ccccc54)c3)s2)C(CC(CC)CCCC)=N1. The Hall–Kier alpha value is -2.53. The zero-order chi connectivity index (χ0) is 32.1. The third-order valence-electron chi connectivity index (χ3n) is 10.2. The molecule has 0 saturated heterocycles. The molecule has 3 unspecified atom stereocenters. The number of aliphatic imine (C=N–C) groups is 1. The van der Waals surface area contributed by atoms with Gasteiger partial charge in [0.25, 0.3) is 0 Å². The molecule has 1 aliphatic heterocycles. The predicted octanol–water partition coefficient (Wildman–Crippen LogP) is 14.4. The molecule has 5 aromatic rings. The van der Waals surface area contributed by atoms with Gasteiger partial charge in [-0.05, 0) is 104 Å². The fourth-order valence-corrected chi connectivity index (χ4v) is 10.2. The van der Waals surface area contributed by atoms with Crippen molar-refractivity contribution in [2.45, 2.75) is 97.3 Å². The summed E-state index contributed by atoms with van der Waals surface area (Å²) in [5.41, 5.74) is 3.66. The van der Waals surface area contributed by atoms with Crippen LogP contribution in [0.4, 0.5) is 0 Å². The first-order valence-corrected chi connectivity index (χ1v) is 20.0. The third-order valence-corrected chi connectivity index (χ3v) is 13.2. The van der Waals surface area contributed by atoms with Gasteiger partial charge in [-0.15, -0.1) is 22.7 Å². The van der Waals surface area contributed by atoms with Gasteiger partial charge in [0.15, 0.2) is 0 Å². The highest BCUT2D eigenvalue weighted by Gasteiger charge is 2.44. The van der Waals surface area contributed by atoms with Gasteiger partial charge in [-0.1, -0.05) is 128 Å². The normalized spacial score (nSPS) is 17.8. The Morgan fingerprint density at radius 2 is 1.37 bits per heavy atom. The lowest BCUT2D eigenvalue weighted by atomic mass is 9.76. The molecule has 2 aromatic heterocycles. The topological polar surface area (TPSA) is 12.4 Å². The molecule has 1 aliphatic rings. The summed E-state index contributed by atoms with van der Waals surface area (Å²) in [5.74, 6) is 1.35. The standard InChI is InChI=1S/C42H48BrNS2/c1-5-9-13-29(7-3)25-34-28-42(40-23-24-41(43)46-40,38(44-34)26-30(8-4)14-10-6-2)39-22-21-37(45-39)33-19-20-36-32(27-33)18-17-31-15-11-12-16-35(31)36/h11-12,15-24,27-30H,5-10,13-14,25-26H2,1-4H3. The smallest absolute Gasteiger partial charge is 0.0971 e. The van der Waals surface area contributed by atoms with Gasteiger partial charge < -0.3 is 0 Å². The quantitative estimate of drug-likeness (QED) is 0.0959. The summed E-state index contributed by atoms with van der Waals surface area (Å²) >= 11 is 7.68. The average Bonchev–Trinajstić information content (AvgIpc) is 3.84. The van der Waals surface area contributed by atoms with Gasteiger partial charge in [0, 0.05) is 26.0 Å². The minimum atomic E-state index is -0.301. The molecular formula is C42H48BrNS2. The highest BCUT2D eigenvalue weighted by molar-refractivity contribution is 9.11. The van der Waals surface area contributed by atoms with Crippen LogP contribution in [-0.4, -0.2) is 5.71 Å². The second kappa shape index (κ2) is 15.1. The molecule has 0 saturated carbocycles. The van der Waals surface area contributed by atoms with Crippen LogP contribution in [-0.2, 0) is 5.41 Å². The van der Waals surface area contributed by atoms with Gasteiger partial charge >= 0.3 is 0 Å². The Bertz CT molecular complexity index is 1840. The molecule has 3 atom stereocenters. The largest absolute Gasteiger partial charge is 0.261 e. The van der Waals surface area contributed by atoms with Crippen molar-refractivity contribution in [3.8, 4) is 10.4 Å². The maximum atomic E-state index is 5.62. The molecule has 0 fully saturated rings. The number of halogens is 1. The van der Waals surface area contributed by atoms with Crippen molar-refractivity contribution < 1.29 is 0 Å². The van der Waals surface area contributed by atoms with Gasteiger partial charge in [0.05, 0.1) is 9.20 Å². The van der Waals surface area contributed by atoms with E-state index in [1.54, 1.807) is 0 Å². The lowest BCUT2D eigenvalue weighted by molar-refractivity contribution is 0.446. The van der Waals surface area contributed by atoms with Crippen LogP contribution in [0.1, 0.15) is 102 Å². The molecule has 3 aromatic carbocycles. The fourth-order valence-electron chi connectivity index (χ4n) is 7.34. The van der Waals surface area contributed by atoms with Crippen LogP contribution in [0.2, 0.25) is 0 Å². The number of unbranched alkanes of at least 4 members (excludes halogenated alkanes) is 2. The van der Waals surface area contributed by atoms with Crippen molar-refractivity contribution in [3.63, 3.8) is 0 Å². The molecule has 0 aliphatic carbocycles. The average molecular weight is 711 g/mol. The number of rotatable bonds is 15. The molecule has 0 radical (unpaired) electrons. The molecule has 46 heavy (non-hydrogen) atoms. The second-order valence-electron chi connectivity index (χ2n) is 13.2. The molecule has 0 bridgehead atoms. The van der Waals surface area contributed by atoms with Crippen LogP contribution in [0.25, 0.3) is 32.0 Å². The van der Waals surface area contributed by atoms with Gasteiger partial charge in [-0.3, -0.25) is 4.99 Å². The summed E-state index contributed by atoms with van der Waals surface area (Å²) in [6, 6.07) is 29.6. The number of hydrogen-bond acceptors (Lipinski definition) is 3. The van der Waals surface area contributed by atoms with E-state index in [9.17, 15) is 0 Å². The fraction of sp³-hybridized carbons (Fsp3) is 0.405. The Morgan fingerprint density at radius 1 is 0.696 bits per heavy atom. The van der Waals surface area contributed by atoms with Crippen molar-refractivity contribution in [3.05, 3.63) is 104 Å². The minimum absolute atomic E-state index is 0.301. The van der Waals surface area contributed by atoms with E-state index in [1.807, 2.05) is 22.7 Å². The predicted molar refractivity (Wildman–Crippen MR) is 209 cm³/mol. The third kappa shape index (κ3) is 6.86. The van der Waals surface area contributed by atoms with Crippen LogP contribution in [0.3, 0.4) is 0 Å². The summed E-state index contributed by atoms with van der Waals surface area (Å²) in [4.78, 5) is 9.74. The first-order valence-electron chi connectivity index (χ1n) is 17.6. The summed E-state index contributed by atoms with van der Waals surface area (Å²) < 4.78 is 1.19. The number of allylic oxidation sites excluding steroid dienone is 2. The van der Waals surface area contributed by atoms with Crippen LogP contribution in [0.15, 0.2) is 99.4 Å². The van der Waals surface area contributed by atoms with Gasteiger partial charge in [0.1, 0.15) is 0 Å². The van der Waals surface area contributed by atoms with E-state index in [1.165, 1.54) is 108 Å². The van der Waals surface area contributed by atoms with E-state index < -0.39 is 0 Å². The maximum absolute atomic E-state index is 5.62. The lowest BCUT2D eigenvalue weighted by Gasteiger charge is -2.30. The Kier molecular flexibility index (Phi) is 11.0. The van der Waals surface area contributed by atoms with E-state index in [0.29, 0.717) is 11.8 Å². The molecule has 0 spiro atoms. The molecule has 6 rings (SSSR count). The van der Waals surface area contributed by atoms with E-state index in [-0.39, 0.29) is 5.41 Å². The van der Waals surface area contributed by atoms with Crippen LogP contribution >= 0.6 is 38.6 Å². The molecule has 0 amide bonds. The van der Waals surface area contributed by atoms with Crippen molar-refractivity contribution in [1.29, 1.82) is 0 Å². The van der Waals surface area contributed by atoms with Crippen molar-refractivity contribution in [1.82, 2.24) is 0 Å². The molecular weight excluding hydrogens is 663 g/mol. The summed E-state index contributed by atoms with van der Waals surface area (Å²) in [7, 11) is 0. The maximum Gasteiger partial charge on any atom is 0.0971 e. The van der Waals surface area contributed by atoms with E-state index in [2.05, 4.69) is 129 Å². The lowest BCUT2D eigenvalue weighted by Crippen LogP contribution is -2.33. The number of benzene rings is 3. The van der Waals surface area contributed by atoms with E-state index in [4.69, 9.17) is 4.99 Å². The summed E-state index contributed by atoms with van der Waals surface area (Å²) in [6.45, 7) is 9.36. The van der Waals surface area contributed by atoms with Gasteiger partial charge in [-0.25, -0.2) is 0 Å². The first-order chi connectivity index (χ1) is 22.5. The zero-order valence-electron chi connectivity index (χ0n) is 28.0. The molecule has 240 valence electrons. The molecule has 3 heterocycles. The van der Waals surface area contributed by atoms with E-state index >= 15 is 0 Å². The monoisotopic (exact) mass is 709 g/mol. The van der Waals surface area contributed by atoms with Crippen molar-refractivity contribution >= 4 is 65.9 Å². The zero-order valence-corrected chi connectivity index (χ0v) is 31.2. The van der Waals surface area contributed by atoms with Crippen LogP contribution in [0, 0.1) is 11.8 Å². The Labute approximate surface area is 293 Å².